The summed E-state index contributed by atoms with van der Waals surface area (Å²) in [7, 11) is 0. The summed E-state index contributed by atoms with van der Waals surface area (Å²) in [5.41, 5.74) is 1.45. The summed E-state index contributed by atoms with van der Waals surface area (Å²) >= 11 is 3.21. The van der Waals surface area contributed by atoms with Crippen LogP contribution in [0.4, 0.5) is 5.69 Å². The summed E-state index contributed by atoms with van der Waals surface area (Å²) in [5.74, 6) is -0.0183. The number of Topliss-reactive ketones (excluding diaryl/α,β-unsaturated/α-hetero) is 1. The lowest BCUT2D eigenvalue weighted by atomic mass is 10.1. The molecule has 0 fully saturated rings. The Bertz CT molecular complexity index is 437. The molecule has 1 aromatic rings. The predicted octanol–water partition coefficient (Wildman–Crippen LogP) is 2.96. The molecule has 0 heterocycles. The molecule has 0 amide bonds. The molecule has 5 heteroatoms. The molecule has 1 rings (SSSR count). The van der Waals surface area contributed by atoms with E-state index in [9.17, 15) is 14.9 Å². The van der Waals surface area contributed by atoms with Crippen LogP contribution in [-0.2, 0) is 4.79 Å². The first-order valence-corrected chi connectivity index (χ1v) is 5.68. The fourth-order valence-electron chi connectivity index (χ4n) is 1.13. The van der Waals surface area contributed by atoms with E-state index in [4.69, 9.17) is 0 Å². The Hall–Kier alpha value is -1.49. The number of hydrogen-bond donors (Lipinski definition) is 0. The highest BCUT2D eigenvalue weighted by Crippen LogP contribution is 2.15. The smallest absolute Gasteiger partial charge is 0.269 e. The highest BCUT2D eigenvalue weighted by atomic mass is 79.9. The van der Waals surface area contributed by atoms with E-state index >= 15 is 0 Å². The Morgan fingerprint density at radius 3 is 2.38 bits per heavy atom. The van der Waals surface area contributed by atoms with Crippen LogP contribution in [0, 0.1) is 10.1 Å². The average Bonchev–Trinajstić information content (AvgIpc) is 2.26. The second-order valence-electron chi connectivity index (χ2n) is 3.21. The van der Waals surface area contributed by atoms with Gasteiger partial charge in [0, 0.05) is 23.0 Å². The van der Waals surface area contributed by atoms with Gasteiger partial charge < -0.3 is 0 Å². The lowest BCUT2D eigenvalue weighted by Gasteiger charge is -1.98. The fraction of sp³-hybridized carbons (Fsp3) is 0.182. The largest absolute Gasteiger partial charge is 0.295 e. The summed E-state index contributed by atoms with van der Waals surface area (Å²) in [5, 5.41) is 10.9. The number of nitro groups is 1. The Morgan fingerprint density at radius 1 is 1.44 bits per heavy atom. The molecule has 0 aliphatic heterocycles. The van der Waals surface area contributed by atoms with Crippen molar-refractivity contribution in [3.8, 4) is 0 Å². The van der Waals surface area contributed by atoms with Gasteiger partial charge in [-0.2, -0.15) is 0 Å². The molecule has 0 aromatic heterocycles. The molecule has 0 spiro atoms. The molecular weight excluding hydrogens is 274 g/mol. The van der Waals surface area contributed by atoms with Gasteiger partial charge in [0.05, 0.1) is 4.92 Å². The van der Waals surface area contributed by atoms with Crippen LogP contribution in [-0.4, -0.2) is 16.0 Å². The second kappa shape index (κ2) is 5.55. The Balaban J connectivity index is 2.98. The van der Waals surface area contributed by atoms with Crippen molar-refractivity contribution < 1.29 is 9.72 Å². The number of carbonyl (C=O) groups excluding carboxylic acids is 1. The van der Waals surface area contributed by atoms with Gasteiger partial charge in [-0.05, 0) is 30.7 Å². The number of allylic oxidation sites excluding steroid dienone is 1. The van der Waals surface area contributed by atoms with Crippen LogP contribution in [0.15, 0.2) is 29.8 Å². The van der Waals surface area contributed by atoms with E-state index in [1.165, 1.54) is 19.1 Å². The third-order valence-corrected chi connectivity index (χ3v) is 2.65. The minimum Gasteiger partial charge on any atom is -0.295 e. The van der Waals surface area contributed by atoms with Crippen molar-refractivity contribution in [3.05, 3.63) is 45.5 Å². The van der Waals surface area contributed by atoms with Crippen LogP contribution in [0.1, 0.15) is 12.5 Å². The van der Waals surface area contributed by atoms with Gasteiger partial charge in [0.1, 0.15) is 0 Å². The topological polar surface area (TPSA) is 60.2 Å². The van der Waals surface area contributed by atoms with E-state index in [1.54, 1.807) is 18.2 Å². The van der Waals surface area contributed by atoms with Crippen molar-refractivity contribution in [3.63, 3.8) is 0 Å². The van der Waals surface area contributed by atoms with Crippen LogP contribution >= 0.6 is 15.9 Å². The van der Waals surface area contributed by atoms with Crippen LogP contribution in [0.2, 0.25) is 0 Å². The number of alkyl halides is 1. The molecule has 16 heavy (non-hydrogen) atoms. The first kappa shape index (κ1) is 12.6. The highest BCUT2D eigenvalue weighted by molar-refractivity contribution is 9.09. The Labute approximate surface area is 101 Å². The van der Waals surface area contributed by atoms with Gasteiger partial charge in [0.15, 0.2) is 5.78 Å². The van der Waals surface area contributed by atoms with Gasteiger partial charge in [0.25, 0.3) is 5.69 Å². The summed E-state index contributed by atoms with van der Waals surface area (Å²) in [6.07, 6.45) is 1.71. The van der Waals surface area contributed by atoms with Crippen LogP contribution < -0.4 is 0 Å². The monoisotopic (exact) mass is 283 g/mol. The van der Waals surface area contributed by atoms with Crippen molar-refractivity contribution in [2.45, 2.75) is 6.92 Å². The molecule has 0 saturated carbocycles. The third-order valence-electron chi connectivity index (χ3n) is 2.04. The zero-order chi connectivity index (χ0) is 12.1. The first-order chi connectivity index (χ1) is 7.54. The lowest BCUT2D eigenvalue weighted by molar-refractivity contribution is -0.384. The van der Waals surface area contributed by atoms with Gasteiger partial charge >= 0.3 is 0 Å². The molecule has 84 valence electrons. The van der Waals surface area contributed by atoms with Crippen molar-refractivity contribution in [1.29, 1.82) is 0 Å². The van der Waals surface area contributed by atoms with Gasteiger partial charge in [-0.1, -0.05) is 15.9 Å². The number of nitro benzene ring substituents is 1. The molecule has 0 saturated heterocycles. The number of rotatable bonds is 4. The van der Waals surface area contributed by atoms with Gasteiger partial charge in [-0.25, -0.2) is 0 Å². The molecule has 4 nitrogen and oxygen atoms in total. The molecule has 0 aliphatic rings. The van der Waals surface area contributed by atoms with Crippen LogP contribution in [0.5, 0.6) is 0 Å². The molecule has 0 aliphatic carbocycles. The normalized spacial score (nSPS) is 11.2. The standard InChI is InChI=1S/C11H10BrNO3/c1-8(14)10(7-12)6-9-2-4-11(5-3-9)13(15)16/h2-6H,7H2,1H3/b10-6-. The van der Waals surface area contributed by atoms with E-state index in [1.807, 2.05) is 0 Å². The number of non-ortho nitro benzene ring substituents is 1. The number of ketones is 1. The maximum absolute atomic E-state index is 11.1. The summed E-state index contributed by atoms with van der Waals surface area (Å²) in [6, 6.07) is 6.06. The maximum atomic E-state index is 11.1. The molecule has 0 atom stereocenters. The lowest BCUT2D eigenvalue weighted by Crippen LogP contribution is -1.97. The average molecular weight is 284 g/mol. The Morgan fingerprint density at radius 2 is 2.00 bits per heavy atom. The summed E-state index contributed by atoms with van der Waals surface area (Å²) < 4.78 is 0. The van der Waals surface area contributed by atoms with Crippen molar-refractivity contribution >= 4 is 33.5 Å². The highest BCUT2D eigenvalue weighted by Gasteiger charge is 2.05. The Kier molecular flexibility index (Phi) is 4.37. The molecule has 0 radical (unpaired) electrons. The zero-order valence-corrected chi connectivity index (χ0v) is 10.2. The van der Waals surface area contributed by atoms with E-state index < -0.39 is 4.92 Å². The minimum atomic E-state index is -0.454. The van der Waals surface area contributed by atoms with E-state index in [0.29, 0.717) is 10.9 Å². The van der Waals surface area contributed by atoms with Crippen LogP contribution in [0.3, 0.4) is 0 Å². The number of hydrogen-bond acceptors (Lipinski definition) is 3. The van der Waals surface area contributed by atoms with Gasteiger partial charge in [0.2, 0.25) is 0 Å². The first-order valence-electron chi connectivity index (χ1n) is 4.56. The van der Waals surface area contributed by atoms with E-state index in [-0.39, 0.29) is 11.5 Å². The predicted molar refractivity (Wildman–Crippen MR) is 65.5 cm³/mol. The van der Waals surface area contributed by atoms with E-state index in [2.05, 4.69) is 15.9 Å². The fourth-order valence-corrected chi connectivity index (χ4v) is 1.68. The molecule has 0 N–H and O–H groups in total. The molecule has 0 unspecified atom stereocenters. The van der Waals surface area contributed by atoms with Gasteiger partial charge in [-0.3, -0.25) is 14.9 Å². The van der Waals surface area contributed by atoms with Crippen molar-refractivity contribution in [1.82, 2.24) is 0 Å². The SMILES string of the molecule is CC(=O)/C(=C\c1ccc([N+](=O)[O-])cc1)CBr. The number of benzene rings is 1. The third kappa shape index (κ3) is 3.27. The quantitative estimate of drug-likeness (QED) is 0.369. The molecular formula is C11H10BrNO3. The maximum Gasteiger partial charge on any atom is 0.269 e. The van der Waals surface area contributed by atoms with Crippen LogP contribution in [0.25, 0.3) is 6.08 Å². The number of halogens is 1. The minimum absolute atomic E-state index is 0.0183. The van der Waals surface area contributed by atoms with E-state index in [0.717, 1.165) is 5.56 Å². The summed E-state index contributed by atoms with van der Waals surface area (Å²) in [4.78, 5) is 21.1. The second-order valence-corrected chi connectivity index (χ2v) is 3.77. The van der Waals surface area contributed by atoms with Crippen molar-refractivity contribution in [2.75, 3.05) is 5.33 Å². The molecule has 1 aromatic carbocycles. The zero-order valence-electron chi connectivity index (χ0n) is 8.64. The summed E-state index contributed by atoms with van der Waals surface area (Å²) in [6.45, 7) is 1.48. The number of carbonyl (C=O) groups is 1. The van der Waals surface area contributed by atoms with Crippen molar-refractivity contribution in [2.24, 2.45) is 0 Å². The van der Waals surface area contributed by atoms with Gasteiger partial charge in [-0.15, -0.1) is 0 Å². The molecule has 0 bridgehead atoms. The number of nitrogens with zero attached hydrogens (tertiary/aromatic N) is 1.